The van der Waals surface area contributed by atoms with Gasteiger partial charge in [-0.2, -0.15) is 0 Å². The number of carbonyl (C=O) groups excluding carboxylic acids is 1. The smallest absolute Gasteiger partial charge is 0.321 e. The minimum atomic E-state index is -0.0560. The zero-order valence-electron chi connectivity index (χ0n) is 10.7. The van der Waals surface area contributed by atoms with E-state index in [1.165, 1.54) is 0 Å². The van der Waals surface area contributed by atoms with E-state index in [2.05, 4.69) is 12.2 Å². The third-order valence-electron chi connectivity index (χ3n) is 2.50. The standard InChI is InChI=1S/C13H20N2O2/c1-4-10-15(5-2)13(16)14-11-6-8-12(17-3)9-7-11/h6-9H,4-5,10H2,1-3H3,(H,14,16). The molecule has 0 atom stereocenters. The van der Waals surface area contributed by atoms with Crippen molar-refractivity contribution in [2.24, 2.45) is 0 Å². The SMILES string of the molecule is CCCN(CC)C(=O)Nc1ccc(OC)cc1. The van der Waals surface area contributed by atoms with Crippen molar-refractivity contribution in [2.45, 2.75) is 20.3 Å². The van der Waals surface area contributed by atoms with Gasteiger partial charge in [-0.1, -0.05) is 6.92 Å². The molecular formula is C13H20N2O2. The highest BCUT2D eigenvalue weighted by molar-refractivity contribution is 5.89. The number of carbonyl (C=O) groups is 1. The van der Waals surface area contributed by atoms with Crippen LogP contribution < -0.4 is 10.1 Å². The van der Waals surface area contributed by atoms with Gasteiger partial charge in [-0.3, -0.25) is 0 Å². The van der Waals surface area contributed by atoms with E-state index in [9.17, 15) is 4.79 Å². The maximum Gasteiger partial charge on any atom is 0.321 e. The molecule has 1 rings (SSSR count). The lowest BCUT2D eigenvalue weighted by Gasteiger charge is -2.20. The third kappa shape index (κ3) is 3.98. The van der Waals surface area contributed by atoms with Crippen LogP contribution in [0.4, 0.5) is 10.5 Å². The predicted octanol–water partition coefficient (Wildman–Crippen LogP) is 2.96. The van der Waals surface area contributed by atoms with E-state index in [1.54, 1.807) is 12.0 Å². The molecule has 0 aliphatic carbocycles. The fraction of sp³-hybridized carbons (Fsp3) is 0.462. The average molecular weight is 236 g/mol. The minimum absolute atomic E-state index is 0.0560. The van der Waals surface area contributed by atoms with Crippen molar-refractivity contribution >= 4 is 11.7 Å². The highest BCUT2D eigenvalue weighted by Crippen LogP contribution is 2.15. The number of rotatable bonds is 5. The molecule has 0 heterocycles. The molecule has 17 heavy (non-hydrogen) atoms. The Morgan fingerprint density at radius 3 is 2.41 bits per heavy atom. The minimum Gasteiger partial charge on any atom is -0.497 e. The van der Waals surface area contributed by atoms with Crippen LogP contribution in [0.1, 0.15) is 20.3 Å². The van der Waals surface area contributed by atoms with Crippen molar-refractivity contribution in [3.05, 3.63) is 24.3 Å². The molecule has 0 saturated heterocycles. The lowest BCUT2D eigenvalue weighted by molar-refractivity contribution is 0.214. The second kappa shape index (κ2) is 6.78. The molecule has 0 bridgehead atoms. The summed E-state index contributed by atoms with van der Waals surface area (Å²) in [5.41, 5.74) is 0.783. The van der Waals surface area contributed by atoms with E-state index in [1.807, 2.05) is 31.2 Å². The van der Waals surface area contributed by atoms with E-state index >= 15 is 0 Å². The first-order valence-electron chi connectivity index (χ1n) is 5.91. The van der Waals surface area contributed by atoms with Crippen LogP contribution in [0.5, 0.6) is 5.75 Å². The summed E-state index contributed by atoms with van der Waals surface area (Å²) in [5, 5.41) is 2.86. The van der Waals surface area contributed by atoms with E-state index in [0.29, 0.717) is 0 Å². The molecule has 0 spiro atoms. The van der Waals surface area contributed by atoms with Crippen molar-refractivity contribution in [1.82, 2.24) is 4.90 Å². The molecule has 0 aromatic heterocycles. The highest BCUT2D eigenvalue weighted by atomic mass is 16.5. The molecule has 94 valence electrons. The fourth-order valence-electron chi connectivity index (χ4n) is 1.55. The molecule has 1 N–H and O–H groups in total. The molecule has 1 aromatic carbocycles. The van der Waals surface area contributed by atoms with E-state index in [-0.39, 0.29) is 6.03 Å². The maximum atomic E-state index is 11.9. The van der Waals surface area contributed by atoms with Crippen LogP contribution in [0, 0.1) is 0 Å². The molecule has 0 radical (unpaired) electrons. The number of amides is 2. The molecule has 1 aromatic rings. The average Bonchev–Trinajstić information content (AvgIpc) is 2.36. The van der Waals surface area contributed by atoms with Gasteiger partial charge in [0.25, 0.3) is 0 Å². The van der Waals surface area contributed by atoms with Gasteiger partial charge >= 0.3 is 6.03 Å². The first-order valence-corrected chi connectivity index (χ1v) is 5.91. The number of urea groups is 1. The Morgan fingerprint density at radius 1 is 1.29 bits per heavy atom. The van der Waals surface area contributed by atoms with Crippen molar-refractivity contribution in [1.29, 1.82) is 0 Å². The van der Waals surface area contributed by atoms with Crippen molar-refractivity contribution in [3.63, 3.8) is 0 Å². The molecule has 0 fully saturated rings. The lowest BCUT2D eigenvalue weighted by atomic mass is 10.3. The van der Waals surface area contributed by atoms with E-state index in [0.717, 1.165) is 30.9 Å². The number of hydrogen-bond donors (Lipinski definition) is 1. The zero-order chi connectivity index (χ0) is 12.7. The summed E-state index contributed by atoms with van der Waals surface area (Å²) in [6.45, 7) is 5.53. The predicted molar refractivity (Wildman–Crippen MR) is 69.6 cm³/mol. The first-order chi connectivity index (χ1) is 8.21. The van der Waals surface area contributed by atoms with Gasteiger partial charge in [0, 0.05) is 18.8 Å². The summed E-state index contributed by atoms with van der Waals surface area (Å²) in [6, 6.07) is 7.25. The van der Waals surface area contributed by atoms with Gasteiger partial charge in [0.05, 0.1) is 7.11 Å². The van der Waals surface area contributed by atoms with Crippen molar-refractivity contribution < 1.29 is 9.53 Å². The van der Waals surface area contributed by atoms with Crippen molar-refractivity contribution in [3.8, 4) is 5.75 Å². The second-order valence-electron chi connectivity index (χ2n) is 3.74. The Kier molecular flexibility index (Phi) is 5.33. The summed E-state index contributed by atoms with van der Waals surface area (Å²) >= 11 is 0. The monoisotopic (exact) mass is 236 g/mol. The van der Waals surface area contributed by atoms with Gasteiger partial charge in [0.1, 0.15) is 5.75 Å². The quantitative estimate of drug-likeness (QED) is 0.854. The van der Waals surface area contributed by atoms with Gasteiger partial charge in [-0.15, -0.1) is 0 Å². The number of methoxy groups -OCH3 is 1. The molecule has 0 saturated carbocycles. The number of anilines is 1. The molecular weight excluding hydrogens is 216 g/mol. The van der Waals surface area contributed by atoms with Gasteiger partial charge < -0.3 is 15.0 Å². The highest BCUT2D eigenvalue weighted by Gasteiger charge is 2.09. The van der Waals surface area contributed by atoms with Crippen LogP contribution in [0.2, 0.25) is 0 Å². The molecule has 4 heteroatoms. The fourth-order valence-corrected chi connectivity index (χ4v) is 1.55. The van der Waals surface area contributed by atoms with E-state index < -0.39 is 0 Å². The number of nitrogens with zero attached hydrogens (tertiary/aromatic N) is 1. The number of nitrogens with one attached hydrogen (secondary N) is 1. The summed E-state index contributed by atoms with van der Waals surface area (Å²) in [6.07, 6.45) is 0.962. The Morgan fingerprint density at radius 2 is 1.94 bits per heavy atom. The van der Waals surface area contributed by atoms with Crippen molar-refractivity contribution in [2.75, 3.05) is 25.5 Å². The summed E-state index contributed by atoms with van der Waals surface area (Å²) in [7, 11) is 1.62. The number of benzene rings is 1. The van der Waals surface area contributed by atoms with Crippen LogP contribution in [0.25, 0.3) is 0 Å². The largest absolute Gasteiger partial charge is 0.497 e. The van der Waals surface area contributed by atoms with Gasteiger partial charge in [0.15, 0.2) is 0 Å². The number of hydrogen-bond acceptors (Lipinski definition) is 2. The van der Waals surface area contributed by atoms with E-state index in [4.69, 9.17) is 4.74 Å². The Balaban J connectivity index is 2.59. The van der Waals surface area contributed by atoms with Gasteiger partial charge in [0.2, 0.25) is 0 Å². The zero-order valence-corrected chi connectivity index (χ0v) is 10.7. The summed E-state index contributed by atoms with van der Waals surface area (Å²) < 4.78 is 5.06. The summed E-state index contributed by atoms with van der Waals surface area (Å²) in [4.78, 5) is 13.7. The molecule has 0 aliphatic heterocycles. The van der Waals surface area contributed by atoms with Crippen LogP contribution >= 0.6 is 0 Å². The second-order valence-corrected chi connectivity index (χ2v) is 3.74. The van der Waals surface area contributed by atoms with Gasteiger partial charge in [-0.05, 0) is 37.6 Å². The molecule has 0 unspecified atom stereocenters. The van der Waals surface area contributed by atoms with Gasteiger partial charge in [-0.25, -0.2) is 4.79 Å². The molecule has 0 aliphatic rings. The molecule has 2 amide bonds. The summed E-state index contributed by atoms with van der Waals surface area (Å²) in [5.74, 6) is 0.781. The molecule has 4 nitrogen and oxygen atoms in total. The van der Waals surface area contributed by atoms with Crippen LogP contribution in [-0.2, 0) is 0 Å². The van der Waals surface area contributed by atoms with Crippen LogP contribution in [0.15, 0.2) is 24.3 Å². The Labute approximate surface area is 103 Å². The lowest BCUT2D eigenvalue weighted by Crippen LogP contribution is -2.35. The number of ether oxygens (including phenoxy) is 1. The van der Waals surface area contributed by atoms with Crippen LogP contribution in [-0.4, -0.2) is 31.1 Å². The Hall–Kier alpha value is -1.71. The first kappa shape index (κ1) is 13.4. The third-order valence-corrected chi connectivity index (χ3v) is 2.50. The topological polar surface area (TPSA) is 41.6 Å². The van der Waals surface area contributed by atoms with Crippen LogP contribution in [0.3, 0.4) is 0 Å². The normalized spacial score (nSPS) is 9.82. The Bertz CT molecular complexity index is 349. The maximum absolute atomic E-state index is 11.9.